The average molecular weight is 313 g/mol. The van der Waals surface area contributed by atoms with Gasteiger partial charge >= 0.3 is 11.9 Å². The predicted octanol–water partition coefficient (Wildman–Crippen LogP) is 3.63. The highest BCUT2D eigenvalue weighted by Gasteiger charge is 2.15. The maximum absolute atomic E-state index is 11.6. The molecule has 0 saturated heterocycles. The van der Waals surface area contributed by atoms with Crippen molar-refractivity contribution in [3.63, 3.8) is 0 Å². The highest BCUT2D eigenvalue weighted by Crippen LogP contribution is 2.11. The molecule has 0 radical (unpaired) electrons. The molecule has 0 aliphatic carbocycles. The van der Waals surface area contributed by atoms with Gasteiger partial charge in [-0.05, 0) is 12.8 Å². The summed E-state index contributed by atoms with van der Waals surface area (Å²) < 4.78 is 10.1. The highest BCUT2D eigenvalue weighted by molar-refractivity contribution is 6.44. The Morgan fingerprint density at radius 3 is 2.00 bits per heavy atom. The predicted molar refractivity (Wildman–Crippen MR) is 75.4 cm³/mol. The molecule has 0 atom stereocenters. The minimum Gasteiger partial charge on any atom is -0.463 e. The molecule has 0 aromatic heterocycles. The molecule has 0 spiro atoms. The van der Waals surface area contributed by atoms with Gasteiger partial charge in [-0.25, -0.2) is 0 Å². The molecule has 0 aromatic rings. The first kappa shape index (κ1) is 18.5. The molecule has 0 fully saturated rings. The number of carbonyl (C=O) groups is 2. The van der Waals surface area contributed by atoms with Crippen LogP contribution in [0.5, 0.6) is 0 Å². The van der Waals surface area contributed by atoms with Crippen molar-refractivity contribution < 1.29 is 19.1 Å². The topological polar surface area (TPSA) is 52.6 Å². The van der Waals surface area contributed by atoms with E-state index in [1.54, 1.807) is 0 Å². The summed E-state index contributed by atoms with van der Waals surface area (Å²) in [6.07, 6.45) is 3.60. The lowest BCUT2D eigenvalue weighted by Crippen LogP contribution is -2.19. The van der Waals surface area contributed by atoms with Crippen LogP contribution >= 0.6 is 23.2 Å². The second-order valence-corrected chi connectivity index (χ2v) is 5.54. The third-order valence-corrected chi connectivity index (χ3v) is 2.67. The van der Waals surface area contributed by atoms with Crippen LogP contribution in [0.15, 0.2) is 0 Å². The highest BCUT2D eigenvalue weighted by atomic mass is 35.5. The first-order chi connectivity index (χ1) is 8.99. The van der Waals surface area contributed by atoms with Crippen LogP contribution in [0, 0.1) is 0 Å². The van der Waals surface area contributed by atoms with E-state index < -0.39 is 10.8 Å². The summed E-state index contributed by atoms with van der Waals surface area (Å²) in [5.41, 5.74) is 0. The molecular weight excluding hydrogens is 291 g/mol. The van der Waals surface area contributed by atoms with Crippen LogP contribution in [0.2, 0.25) is 0 Å². The van der Waals surface area contributed by atoms with E-state index in [4.69, 9.17) is 32.7 Å². The molecule has 0 bridgehead atoms. The summed E-state index contributed by atoms with van der Waals surface area (Å²) in [4.78, 5) is 22.1. The molecule has 4 nitrogen and oxygen atoms in total. The lowest BCUT2D eigenvalue weighted by Gasteiger charge is -2.16. The Labute approximate surface area is 124 Å². The number of carbonyl (C=O) groups excluding carboxylic acids is 2. The summed E-state index contributed by atoms with van der Waals surface area (Å²) in [6.45, 7) is 4.02. The zero-order valence-electron chi connectivity index (χ0n) is 11.5. The number of halogens is 2. The number of ether oxygens (including phenoxy) is 2. The Hall–Kier alpha value is -0.480. The van der Waals surface area contributed by atoms with E-state index in [0.29, 0.717) is 0 Å². The lowest BCUT2D eigenvalue weighted by atomic mass is 10.1. The molecule has 0 amide bonds. The summed E-state index contributed by atoms with van der Waals surface area (Å²) in [6, 6.07) is 0. The van der Waals surface area contributed by atoms with Gasteiger partial charge in [0.2, 0.25) is 0 Å². The third kappa shape index (κ3) is 11.1. The van der Waals surface area contributed by atoms with Gasteiger partial charge in [0.25, 0.3) is 0 Å². The summed E-state index contributed by atoms with van der Waals surface area (Å²) >= 11 is 10.8. The molecule has 0 heterocycles. The van der Waals surface area contributed by atoms with Gasteiger partial charge in [-0.1, -0.05) is 26.7 Å². The Morgan fingerprint density at radius 1 is 1.00 bits per heavy atom. The van der Waals surface area contributed by atoms with E-state index in [9.17, 15) is 9.59 Å². The second kappa shape index (κ2) is 11.4. The van der Waals surface area contributed by atoms with Gasteiger partial charge in [-0.2, -0.15) is 0 Å². The Bertz CT molecular complexity index is 263. The molecule has 0 aliphatic heterocycles. The Morgan fingerprint density at radius 2 is 1.53 bits per heavy atom. The maximum Gasteiger partial charge on any atom is 0.306 e. The number of rotatable bonds is 10. The van der Waals surface area contributed by atoms with E-state index in [1.165, 1.54) is 0 Å². The van der Waals surface area contributed by atoms with Gasteiger partial charge in [0.1, 0.15) is 17.5 Å². The van der Waals surface area contributed by atoms with Crippen molar-refractivity contribution >= 4 is 35.1 Å². The third-order valence-electron chi connectivity index (χ3n) is 2.42. The minimum absolute atomic E-state index is 0.00962. The quantitative estimate of drug-likeness (QED) is 0.456. The molecule has 0 unspecified atom stereocenters. The zero-order chi connectivity index (χ0) is 14.7. The molecule has 112 valence electrons. The van der Waals surface area contributed by atoms with Crippen LogP contribution < -0.4 is 0 Å². The van der Waals surface area contributed by atoms with Gasteiger partial charge in [0.05, 0.1) is 12.8 Å². The maximum atomic E-state index is 11.6. The van der Waals surface area contributed by atoms with Crippen molar-refractivity contribution in [3.8, 4) is 0 Å². The number of hydrogen-bond donors (Lipinski definition) is 0. The van der Waals surface area contributed by atoms with E-state index in [0.717, 1.165) is 25.7 Å². The molecule has 6 heteroatoms. The van der Waals surface area contributed by atoms with Crippen LogP contribution in [0.3, 0.4) is 0 Å². The normalized spacial score (nSPS) is 10.8. The SMILES string of the molecule is CCCC(CCC)OC(=O)CCC(=O)OCC(Cl)Cl. The number of hydrogen-bond acceptors (Lipinski definition) is 4. The smallest absolute Gasteiger partial charge is 0.306 e. The molecule has 0 aromatic carbocycles. The van der Waals surface area contributed by atoms with Gasteiger partial charge in [0.15, 0.2) is 0 Å². The zero-order valence-corrected chi connectivity index (χ0v) is 13.0. The van der Waals surface area contributed by atoms with Crippen molar-refractivity contribution in [2.45, 2.75) is 63.3 Å². The van der Waals surface area contributed by atoms with Crippen molar-refractivity contribution in [2.75, 3.05) is 6.61 Å². The molecular formula is C13H22Cl2O4. The number of alkyl halides is 2. The first-order valence-corrected chi connectivity index (χ1v) is 7.50. The van der Waals surface area contributed by atoms with Crippen LogP contribution in [0.1, 0.15) is 52.4 Å². The van der Waals surface area contributed by atoms with E-state index in [-0.39, 0.29) is 31.5 Å². The van der Waals surface area contributed by atoms with Gasteiger partial charge < -0.3 is 9.47 Å². The van der Waals surface area contributed by atoms with E-state index >= 15 is 0 Å². The van der Waals surface area contributed by atoms with Crippen LogP contribution in [0.4, 0.5) is 0 Å². The standard InChI is InChI=1S/C13H22Cl2O4/c1-3-5-10(6-4-2)19-13(17)8-7-12(16)18-9-11(14)15/h10-11H,3-9H2,1-2H3. The van der Waals surface area contributed by atoms with Gasteiger partial charge in [-0.15, -0.1) is 23.2 Å². The van der Waals surface area contributed by atoms with Gasteiger partial charge in [0, 0.05) is 0 Å². The summed E-state index contributed by atoms with van der Waals surface area (Å²) in [5, 5.41) is 0. The van der Waals surface area contributed by atoms with Crippen molar-refractivity contribution in [3.05, 3.63) is 0 Å². The van der Waals surface area contributed by atoms with Crippen LogP contribution in [0.25, 0.3) is 0 Å². The first-order valence-electron chi connectivity index (χ1n) is 6.62. The van der Waals surface area contributed by atoms with Crippen molar-refractivity contribution in [1.29, 1.82) is 0 Å². The molecule has 19 heavy (non-hydrogen) atoms. The second-order valence-electron chi connectivity index (χ2n) is 4.26. The summed E-state index contributed by atoms with van der Waals surface area (Å²) in [5.74, 6) is -0.858. The Balaban J connectivity index is 3.86. The fourth-order valence-electron chi connectivity index (χ4n) is 1.58. The van der Waals surface area contributed by atoms with Crippen LogP contribution in [-0.2, 0) is 19.1 Å². The molecule has 0 rings (SSSR count). The molecule has 0 N–H and O–H groups in total. The van der Waals surface area contributed by atoms with E-state index in [2.05, 4.69) is 0 Å². The lowest BCUT2D eigenvalue weighted by molar-refractivity contribution is -0.154. The van der Waals surface area contributed by atoms with Crippen LogP contribution in [-0.4, -0.2) is 29.5 Å². The monoisotopic (exact) mass is 312 g/mol. The molecule has 0 saturated carbocycles. The number of esters is 2. The molecule has 0 aliphatic rings. The van der Waals surface area contributed by atoms with Gasteiger partial charge in [-0.3, -0.25) is 9.59 Å². The van der Waals surface area contributed by atoms with E-state index in [1.807, 2.05) is 13.8 Å². The average Bonchev–Trinajstić information content (AvgIpc) is 2.34. The van der Waals surface area contributed by atoms with Crippen molar-refractivity contribution in [1.82, 2.24) is 0 Å². The minimum atomic E-state index is -0.741. The van der Waals surface area contributed by atoms with Crippen molar-refractivity contribution in [2.24, 2.45) is 0 Å². The fourth-order valence-corrected chi connectivity index (χ4v) is 1.71. The largest absolute Gasteiger partial charge is 0.463 e. The summed E-state index contributed by atoms with van der Waals surface area (Å²) in [7, 11) is 0. The Kier molecular flexibility index (Phi) is 11.1. The fraction of sp³-hybridized carbons (Fsp3) is 0.846.